The van der Waals surface area contributed by atoms with E-state index in [4.69, 9.17) is 0 Å². The van der Waals surface area contributed by atoms with E-state index in [2.05, 4.69) is 53.8 Å². The van der Waals surface area contributed by atoms with Gasteiger partial charge in [-0.1, -0.05) is 31.2 Å². The van der Waals surface area contributed by atoms with Crippen molar-refractivity contribution >= 4 is 10.9 Å². The van der Waals surface area contributed by atoms with Gasteiger partial charge in [0.15, 0.2) is 0 Å². The smallest absolute Gasteiger partial charge is 0.0456 e. The van der Waals surface area contributed by atoms with Crippen molar-refractivity contribution in [1.29, 1.82) is 0 Å². The van der Waals surface area contributed by atoms with Crippen LogP contribution in [-0.4, -0.2) is 29.5 Å². The van der Waals surface area contributed by atoms with E-state index in [9.17, 15) is 0 Å². The molecule has 0 bridgehead atoms. The van der Waals surface area contributed by atoms with Crippen LogP contribution < -0.4 is 0 Å². The number of nitrogens with one attached hydrogen (secondary N) is 1. The van der Waals surface area contributed by atoms with Crippen LogP contribution in [-0.2, 0) is 6.42 Å². The highest BCUT2D eigenvalue weighted by molar-refractivity contribution is 5.83. The quantitative estimate of drug-likeness (QED) is 0.752. The van der Waals surface area contributed by atoms with Crippen LogP contribution in [0.15, 0.2) is 43.1 Å². The predicted octanol–water partition coefficient (Wildman–Crippen LogP) is 3.22. The molecule has 0 fully saturated rings. The Balaban J connectivity index is 2.05. The van der Waals surface area contributed by atoms with Crippen molar-refractivity contribution in [3.05, 3.63) is 48.7 Å². The highest BCUT2D eigenvalue weighted by atomic mass is 15.1. The normalized spacial score (nSPS) is 11.2. The van der Waals surface area contributed by atoms with Crippen molar-refractivity contribution in [1.82, 2.24) is 9.88 Å². The van der Waals surface area contributed by atoms with Crippen molar-refractivity contribution in [3.8, 4) is 0 Å². The summed E-state index contributed by atoms with van der Waals surface area (Å²) in [5.74, 6) is 0. The number of hydrogen-bond donors (Lipinski definition) is 1. The average Bonchev–Trinajstić information content (AvgIpc) is 2.78. The minimum absolute atomic E-state index is 0.971. The molecule has 0 aliphatic carbocycles. The minimum atomic E-state index is 0.971. The number of likely N-dealkylation sites (N-methyl/N-ethyl adjacent to an activating group) is 1. The molecule has 2 aromatic rings. The second kappa shape index (κ2) is 5.69. The lowest BCUT2D eigenvalue weighted by atomic mass is 10.1. The van der Waals surface area contributed by atoms with Crippen molar-refractivity contribution in [3.63, 3.8) is 0 Å². The Morgan fingerprint density at radius 1 is 1.35 bits per heavy atom. The first-order chi connectivity index (χ1) is 8.35. The van der Waals surface area contributed by atoms with Gasteiger partial charge in [-0.3, -0.25) is 4.90 Å². The Hall–Kier alpha value is -1.54. The van der Waals surface area contributed by atoms with E-state index in [1.165, 1.54) is 16.5 Å². The maximum absolute atomic E-state index is 3.80. The minimum Gasteiger partial charge on any atom is -0.361 e. The van der Waals surface area contributed by atoms with Gasteiger partial charge in [-0.05, 0) is 24.6 Å². The standard InChI is InChI=1S/C15H20N2/c1-3-10-17(4-2)11-9-13-12-16-15-8-6-5-7-14(13)15/h3,5-8,12,16H,1,4,9-11H2,2H3. The molecule has 1 heterocycles. The number of H-pyrrole nitrogens is 1. The van der Waals surface area contributed by atoms with Crippen LogP contribution in [0, 0.1) is 0 Å². The topological polar surface area (TPSA) is 19.0 Å². The van der Waals surface area contributed by atoms with Gasteiger partial charge < -0.3 is 4.98 Å². The molecule has 0 saturated carbocycles. The van der Waals surface area contributed by atoms with Crippen LogP contribution in [0.1, 0.15) is 12.5 Å². The lowest BCUT2D eigenvalue weighted by Crippen LogP contribution is -2.25. The fourth-order valence-electron chi connectivity index (χ4n) is 2.18. The van der Waals surface area contributed by atoms with Gasteiger partial charge in [0.05, 0.1) is 0 Å². The first-order valence-electron chi connectivity index (χ1n) is 6.23. The van der Waals surface area contributed by atoms with E-state index in [0.29, 0.717) is 0 Å². The largest absolute Gasteiger partial charge is 0.361 e. The zero-order valence-corrected chi connectivity index (χ0v) is 10.4. The molecular formula is C15H20N2. The third-order valence-corrected chi connectivity index (χ3v) is 3.21. The molecule has 0 saturated heterocycles. The molecule has 2 nitrogen and oxygen atoms in total. The zero-order chi connectivity index (χ0) is 12.1. The van der Waals surface area contributed by atoms with E-state index in [1.807, 2.05) is 6.08 Å². The number of nitrogens with zero attached hydrogens (tertiary/aromatic N) is 1. The number of para-hydroxylation sites is 1. The first-order valence-corrected chi connectivity index (χ1v) is 6.23. The summed E-state index contributed by atoms with van der Waals surface area (Å²) in [6, 6.07) is 8.48. The van der Waals surface area contributed by atoms with E-state index in [1.54, 1.807) is 0 Å². The maximum atomic E-state index is 3.80. The molecule has 0 radical (unpaired) electrons. The predicted molar refractivity (Wildman–Crippen MR) is 74.3 cm³/mol. The molecule has 17 heavy (non-hydrogen) atoms. The molecule has 1 N–H and O–H groups in total. The Morgan fingerprint density at radius 3 is 2.94 bits per heavy atom. The first kappa shape index (κ1) is 11.9. The van der Waals surface area contributed by atoms with Gasteiger partial charge >= 0.3 is 0 Å². The third-order valence-electron chi connectivity index (χ3n) is 3.21. The molecule has 1 aromatic carbocycles. The molecule has 0 aliphatic heterocycles. The van der Waals surface area contributed by atoms with Gasteiger partial charge in [-0.25, -0.2) is 0 Å². The van der Waals surface area contributed by atoms with Gasteiger partial charge in [0.2, 0.25) is 0 Å². The molecule has 90 valence electrons. The SMILES string of the molecule is C=CCN(CC)CCc1c[nH]c2ccccc12. The van der Waals surface area contributed by atoms with Crippen LogP contribution in [0.3, 0.4) is 0 Å². The molecule has 1 aromatic heterocycles. The number of aromatic amines is 1. The lowest BCUT2D eigenvalue weighted by Gasteiger charge is -2.17. The fourth-order valence-corrected chi connectivity index (χ4v) is 2.18. The number of fused-ring (bicyclic) bond motifs is 1. The summed E-state index contributed by atoms with van der Waals surface area (Å²) in [4.78, 5) is 5.72. The van der Waals surface area contributed by atoms with Gasteiger partial charge in [0.25, 0.3) is 0 Å². The van der Waals surface area contributed by atoms with Crippen LogP contribution >= 0.6 is 0 Å². The van der Waals surface area contributed by atoms with Crippen molar-refractivity contribution < 1.29 is 0 Å². The number of aromatic nitrogens is 1. The average molecular weight is 228 g/mol. The molecule has 2 rings (SSSR count). The van der Waals surface area contributed by atoms with E-state index >= 15 is 0 Å². The number of benzene rings is 1. The highest BCUT2D eigenvalue weighted by Gasteiger charge is 2.05. The Kier molecular flexibility index (Phi) is 3.99. The van der Waals surface area contributed by atoms with Crippen LogP contribution in [0.2, 0.25) is 0 Å². The number of hydrogen-bond acceptors (Lipinski definition) is 1. The summed E-state index contributed by atoms with van der Waals surface area (Å²) in [6.45, 7) is 9.13. The Labute approximate surface area is 103 Å². The van der Waals surface area contributed by atoms with Gasteiger partial charge in [0, 0.05) is 30.2 Å². The third kappa shape index (κ3) is 2.77. The summed E-state index contributed by atoms with van der Waals surface area (Å²) >= 11 is 0. The van der Waals surface area contributed by atoms with Crippen LogP contribution in [0.4, 0.5) is 0 Å². The molecule has 2 heteroatoms. The maximum Gasteiger partial charge on any atom is 0.0456 e. The summed E-state index contributed by atoms with van der Waals surface area (Å²) in [6.07, 6.45) is 5.19. The monoisotopic (exact) mass is 228 g/mol. The lowest BCUT2D eigenvalue weighted by molar-refractivity contribution is 0.324. The summed E-state index contributed by atoms with van der Waals surface area (Å²) in [7, 11) is 0. The van der Waals surface area contributed by atoms with Crippen molar-refractivity contribution in [2.24, 2.45) is 0 Å². The van der Waals surface area contributed by atoms with Gasteiger partial charge in [-0.2, -0.15) is 0 Å². The zero-order valence-electron chi connectivity index (χ0n) is 10.4. The molecule has 0 spiro atoms. The van der Waals surface area contributed by atoms with Crippen LogP contribution in [0.25, 0.3) is 10.9 Å². The Bertz CT molecular complexity index is 484. The molecule has 0 amide bonds. The number of rotatable bonds is 6. The van der Waals surface area contributed by atoms with E-state index in [0.717, 1.165) is 26.1 Å². The Morgan fingerprint density at radius 2 is 2.18 bits per heavy atom. The summed E-state index contributed by atoms with van der Waals surface area (Å²) < 4.78 is 0. The van der Waals surface area contributed by atoms with Gasteiger partial charge in [0.1, 0.15) is 0 Å². The summed E-state index contributed by atoms with van der Waals surface area (Å²) in [5.41, 5.74) is 2.64. The van der Waals surface area contributed by atoms with Crippen molar-refractivity contribution in [2.45, 2.75) is 13.3 Å². The van der Waals surface area contributed by atoms with E-state index in [-0.39, 0.29) is 0 Å². The van der Waals surface area contributed by atoms with Crippen LogP contribution in [0.5, 0.6) is 0 Å². The fraction of sp³-hybridized carbons (Fsp3) is 0.333. The molecule has 0 aliphatic rings. The van der Waals surface area contributed by atoms with Gasteiger partial charge in [-0.15, -0.1) is 6.58 Å². The van der Waals surface area contributed by atoms with E-state index < -0.39 is 0 Å². The highest BCUT2D eigenvalue weighted by Crippen LogP contribution is 2.18. The molecular weight excluding hydrogens is 208 g/mol. The summed E-state index contributed by atoms with van der Waals surface area (Å²) in [5, 5.41) is 1.35. The second-order valence-corrected chi connectivity index (χ2v) is 4.29. The molecule has 0 unspecified atom stereocenters. The second-order valence-electron chi connectivity index (χ2n) is 4.29. The molecule has 0 atom stereocenters. The van der Waals surface area contributed by atoms with Crippen molar-refractivity contribution in [2.75, 3.05) is 19.6 Å².